The smallest absolute Gasteiger partial charge is 0.255 e. The van der Waals surface area contributed by atoms with Crippen molar-refractivity contribution in [1.29, 1.82) is 0 Å². The van der Waals surface area contributed by atoms with E-state index in [1.807, 2.05) is 49.5 Å². The van der Waals surface area contributed by atoms with E-state index in [9.17, 15) is 4.79 Å². The lowest BCUT2D eigenvalue weighted by molar-refractivity contribution is 0.102. The van der Waals surface area contributed by atoms with Crippen molar-refractivity contribution in [2.75, 3.05) is 30.0 Å². The molecule has 0 atom stereocenters. The van der Waals surface area contributed by atoms with Crippen molar-refractivity contribution < 1.29 is 9.53 Å². The molecular weight excluding hydrogens is 442 g/mol. The monoisotopic (exact) mass is 475 g/mol. The van der Waals surface area contributed by atoms with Crippen molar-refractivity contribution in [3.63, 3.8) is 0 Å². The van der Waals surface area contributed by atoms with Gasteiger partial charge in [-0.25, -0.2) is 0 Å². The van der Waals surface area contributed by atoms with Gasteiger partial charge in [0.1, 0.15) is 5.75 Å². The highest BCUT2D eigenvalue weighted by molar-refractivity contribution is 7.99. The number of fused-ring (bicyclic) bond motifs is 1. The van der Waals surface area contributed by atoms with Crippen LogP contribution < -0.4 is 15.4 Å². The number of benzene rings is 2. The molecule has 2 aliphatic rings. The molecule has 0 bridgehead atoms. The number of nitrogens with one attached hydrogen (secondary N) is 2. The summed E-state index contributed by atoms with van der Waals surface area (Å²) < 4.78 is 5.77. The second-order valence-electron chi connectivity index (χ2n) is 9.57. The van der Waals surface area contributed by atoms with Crippen LogP contribution in [0.2, 0.25) is 0 Å². The molecule has 2 fully saturated rings. The Morgan fingerprint density at radius 2 is 1.85 bits per heavy atom. The topological polar surface area (TPSA) is 63.2 Å². The highest BCUT2D eigenvalue weighted by Gasteiger charge is 2.22. The molecule has 3 aromatic rings. The summed E-state index contributed by atoms with van der Waals surface area (Å²) >= 11 is 2.07. The van der Waals surface area contributed by atoms with Crippen LogP contribution in [0.25, 0.3) is 10.9 Å². The maximum absolute atomic E-state index is 12.8. The van der Waals surface area contributed by atoms with Gasteiger partial charge in [0, 0.05) is 29.4 Å². The van der Waals surface area contributed by atoms with Gasteiger partial charge >= 0.3 is 0 Å². The molecule has 1 amide bonds. The Morgan fingerprint density at radius 3 is 2.62 bits per heavy atom. The van der Waals surface area contributed by atoms with Gasteiger partial charge < -0.3 is 15.4 Å². The van der Waals surface area contributed by atoms with Crippen LogP contribution in [-0.4, -0.2) is 35.5 Å². The summed E-state index contributed by atoms with van der Waals surface area (Å²) in [7, 11) is 0. The van der Waals surface area contributed by atoms with E-state index in [0.717, 1.165) is 53.5 Å². The highest BCUT2D eigenvalue weighted by Crippen LogP contribution is 2.30. The molecule has 1 saturated carbocycles. The second-order valence-corrected chi connectivity index (χ2v) is 10.8. The fourth-order valence-electron chi connectivity index (χ4n) is 4.39. The summed E-state index contributed by atoms with van der Waals surface area (Å²) in [5, 5.41) is 7.76. The van der Waals surface area contributed by atoms with E-state index < -0.39 is 0 Å². The largest absolute Gasteiger partial charge is 0.493 e. The van der Waals surface area contributed by atoms with Crippen LogP contribution in [0.15, 0.2) is 48.7 Å². The predicted octanol–water partition coefficient (Wildman–Crippen LogP) is 5.82. The molecule has 2 heterocycles. The number of hydrogen-bond donors (Lipinski definition) is 2. The van der Waals surface area contributed by atoms with Gasteiger partial charge in [-0.1, -0.05) is 6.07 Å². The molecule has 1 aliphatic carbocycles. The van der Waals surface area contributed by atoms with Crippen molar-refractivity contribution in [3.8, 4) is 5.75 Å². The number of aryl methyl sites for hydroxylation is 1. The van der Waals surface area contributed by atoms with Crippen LogP contribution in [0.5, 0.6) is 5.75 Å². The summed E-state index contributed by atoms with van der Waals surface area (Å²) in [6, 6.07) is 13.6. The molecule has 34 heavy (non-hydrogen) atoms. The van der Waals surface area contributed by atoms with E-state index >= 15 is 0 Å². The van der Waals surface area contributed by atoms with Crippen LogP contribution >= 0.6 is 11.8 Å². The Bertz CT molecular complexity index is 1140. The fraction of sp³-hybridized carbons (Fsp3) is 0.429. The number of anilines is 1. The van der Waals surface area contributed by atoms with E-state index in [4.69, 9.17) is 9.72 Å². The first-order valence-corrected chi connectivity index (χ1v) is 13.5. The van der Waals surface area contributed by atoms with E-state index in [0.29, 0.717) is 11.5 Å². The zero-order chi connectivity index (χ0) is 23.3. The van der Waals surface area contributed by atoms with Crippen LogP contribution in [-0.2, 0) is 6.54 Å². The van der Waals surface area contributed by atoms with Gasteiger partial charge in [0.05, 0.1) is 12.1 Å². The predicted molar refractivity (Wildman–Crippen MR) is 141 cm³/mol. The normalized spacial score (nSPS) is 16.5. The average Bonchev–Trinajstić information content (AvgIpc) is 3.70. The second kappa shape index (κ2) is 10.8. The third-order valence-electron chi connectivity index (χ3n) is 6.81. The summed E-state index contributed by atoms with van der Waals surface area (Å²) in [6.07, 6.45) is 7.11. The third-order valence-corrected chi connectivity index (χ3v) is 7.86. The molecule has 2 aromatic carbocycles. The SMILES string of the molecule is Cc1c(NC(=O)c2ccc(OCC3CC3)cc2)ccc2cc(CNCC3CCSCC3)cnc12. The highest BCUT2D eigenvalue weighted by atomic mass is 32.2. The van der Waals surface area contributed by atoms with Crippen LogP contribution in [0.4, 0.5) is 5.69 Å². The van der Waals surface area contributed by atoms with Gasteiger partial charge in [0.2, 0.25) is 0 Å². The lowest BCUT2D eigenvalue weighted by Gasteiger charge is -2.21. The minimum Gasteiger partial charge on any atom is -0.493 e. The molecule has 0 radical (unpaired) electrons. The molecule has 5 rings (SSSR count). The van der Waals surface area contributed by atoms with E-state index in [1.165, 1.54) is 42.8 Å². The zero-order valence-corrected chi connectivity index (χ0v) is 20.6. The van der Waals surface area contributed by atoms with Crippen molar-refractivity contribution in [2.24, 2.45) is 11.8 Å². The number of carbonyl (C=O) groups is 1. The molecule has 0 spiro atoms. The lowest BCUT2D eigenvalue weighted by Crippen LogP contribution is -2.25. The molecule has 1 aromatic heterocycles. The fourth-order valence-corrected chi connectivity index (χ4v) is 5.60. The summed E-state index contributed by atoms with van der Waals surface area (Å²) in [4.78, 5) is 17.5. The van der Waals surface area contributed by atoms with Gasteiger partial charge in [-0.3, -0.25) is 9.78 Å². The number of thioether (sulfide) groups is 1. The molecule has 5 nitrogen and oxygen atoms in total. The van der Waals surface area contributed by atoms with E-state index in [2.05, 4.69) is 28.5 Å². The van der Waals surface area contributed by atoms with Crippen LogP contribution in [0.3, 0.4) is 0 Å². The Hall–Kier alpha value is -2.57. The number of carbonyl (C=O) groups excluding carboxylic acids is 1. The molecule has 1 aliphatic heterocycles. The van der Waals surface area contributed by atoms with Gasteiger partial charge in [-0.2, -0.15) is 11.8 Å². The average molecular weight is 476 g/mol. The van der Waals surface area contributed by atoms with Crippen LogP contribution in [0, 0.1) is 18.8 Å². The van der Waals surface area contributed by atoms with Gasteiger partial charge in [0.15, 0.2) is 0 Å². The number of hydrogen-bond acceptors (Lipinski definition) is 5. The van der Waals surface area contributed by atoms with Crippen molar-refractivity contribution in [2.45, 2.75) is 39.2 Å². The Labute approximate surface area is 206 Å². The minimum atomic E-state index is -0.127. The first-order chi connectivity index (χ1) is 16.7. The molecule has 6 heteroatoms. The lowest BCUT2D eigenvalue weighted by atomic mass is 10.0. The number of nitrogens with zero attached hydrogens (tertiary/aromatic N) is 1. The molecule has 2 N–H and O–H groups in total. The number of rotatable bonds is 9. The molecular formula is C28H33N3O2S. The summed E-state index contributed by atoms with van der Waals surface area (Å²) in [5.41, 5.74) is 4.51. The minimum absolute atomic E-state index is 0.127. The Morgan fingerprint density at radius 1 is 1.06 bits per heavy atom. The van der Waals surface area contributed by atoms with Gasteiger partial charge in [-0.15, -0.1) is 0 Å². The number of aromatic nitrogens is 1. The van der Waals surface area contributed by atoms with Crippen LogP contribution in [0.1, 0.15) is 47.2 Å². The first kappa shape index (κ1) is 23.2. The molecule has 0 unspecified atom stereocenters. The molecule has 1 saturated heterocycles. The number of amides is 1. The van der Waals surface area contributed by atoms with E-state index in [-0.39, 0.29) is 5.91 Å². The van der Waals surface area contributed by atoms with Gasteiger partial charge in [0.25, 0.3) is 5.91 Å². The Balaban J connectivity index is 1.19. The summed E-state index contributed by atoms with van der Waals surface area (Å²) in [6.45, 7) is 4.70. The maximum atomic E-state index is 12.8. The summed E-state index contributed by atoms with van der Waals surface area (Å²) in [5.74, 6) is 4.79. The molecule has 178 valence electrons. The first-order valence-electron chi connectivity index (χ1n) is 12.4. The van der Waals surface area contributed by atoms with Crippen molar-refractivity contribution in [3.05, 3.63) is 65.4 Å². The Kier molecular flexibility index (Phi) is 7.36. The zero-order valence-electron chi connectivity index (χ0n) is 19.8. The van der Waals surface area contributed by atoms with Gasteiger partial charge in [-0.05, 0) is 110 Å². The third kappa shape index (κ3) is 5.91. The van der Waals surface area contributed by atoms with Crippen molar-refractivity contribution >= 4 is 34.3 Å². The maximum Gasteiger partial charge on any atom is 0.255 e. The number of ether oxygens (including phenoxy) is 1. The number of pyridine rings is 1. The van der Waals surface area contributed by atoms with E-state index in [1.54, 1.807) is 0 Å². The van der Waals surface area contributed by atoms with Crippen molar-refractivity contribution in [1.82, 2.24) is 10.3 Å². The standard InChI is InChI=1S/C28H33N3O2S/c1-19-26(31-28(32)23-4-7-25(8-5-23)33-18-21-2-3-21)9-6-24-14-22(17-30-27(19)24)16-29-15-20-10-12-34-13-11-20/h4-9,14,17,20-21,29H,2-3,10-13,15-16,18H2,1H3,(H,31,32). The quantitative estimate of drug-likeness (QED) is 0.408.